The summed E-state index contributed by atoms with van der Waals surface area (Å²) in [4.78, 5) is 17.2. The average molecular weight is 247 g/mol. The molecule has 18 heavy (non-hydrogen) atoms. The Kier molecular flexibility index (Phi) is 5.12. The van der Waals surface area contributed by atoms with Crippen molar-refractivity contribution in [3.63, 3.8) is 0 Å². The molecule has 0 saturated carbocycles. The van der Waals surface area contributed by atoms with E-state index in [4.69, 9.17) is 10.4 Å². The van der Waals surface area contributed by atoms with Crippen LogP contribution in [0.3, 0.4) is 0 Å². The van der Waals surface area contributed by atoms with Crippen LogP contribution in [-0.2, 0) is 0 Å². The number of carboxylic acid groups (broad SMARTS) is 1. The second kappa shape index (κ2) is 6.60. The van der Waals surface area contributed by atoms with Crippen molar-refractivity contribution < 1.29 is 9.90 Å². The van der Waals surface area contributed by atoms with E-state index in [-0.39, 0.29) is 5.56 Å². The minimum absolute atomic E-state index is 0.177. The maximum Gasteiger partial charge on any atom is 0.339 e. The molecule has 0 atom stereocenters. The molecule has 1 heterocycles. The van der Waals surface area contributed by atoms with E-state index in [1.54, 1.807) is 12.3 Å². The molecular weight excluding hydrogens is 230 g/mol. The highest BCUT2D eigenvalue weighted by Crippen LogP contribution is 2.18. The first-order valence-electron chi connectivity index (χ1n) is 5.86. The van der Waals surface area contributed by atoms with Gasteiger partial charge in [-0.25, -0.2) is 9.78 Å². The van der Waals surface area contributed by atoms with Gasteiger partial charge in [-0.15, -0.1) is 0 Å². The number of anilines is 1. The fourth-order valence-corrected chi connectivity index (χ4v) is 1.73. The van der Waals surface area contributed by atoms with Crippen molar-refractivity contribution in [2.24, 2.45) is 5.92 Å². The van der Waals surface area contributed by atoms with Crippen LogP contribution in [0.2, 0.25) is 0 Å². The van der Waals surface area contributed by atoms with Gasteiger partial charge in [-0.1, -0.05) is 13.8 Å². The van der Waals surface area contributed by atoms with Gasteiger partial charge in [0.05, 0.1) is 12.5 Å². The van der Waals surface area contributed by atoms with Gasteiger partial charge in [-0.2, -0.15) is 5.26 Å². The Balaban J connectivity index is 3.04. The van der Waals surface area contributed by atoms with Crippen LogP contribution in [0.1, 0.15) is 30.6 Å². The van der Waals surface area contributed by atoms with Crippen molar-refractivity contribution in [2.45, 2.75) is 20.3 Å². The minimum Gasteiger partial charge on any atom is -0.478 e. The van der Waals surface area contributed by atoms with E-state index in [1.165, 1.54) is 6.07 Å². The quantitative estimate of drug-likeness (QED) is 0.833. The Morgan fingerprint density at radius 1 is 1.61 bits per heavy atom. The number of rotatable bonds is 6. The van der Waals surface area contributed by atoms with Crippen molar-refractivity contribution in [3.05, 3.63) is 23.9 Å². The number of hydrogen-bond donors (Lipinski definition) is 1. The van der Waals surface area contributed by atoms with Gasteiger partial charge >= 0.3 is 5.97 Å². The van der Waals surface area contributed by atoms with E-state index in [2.05, 4.69) is 11.1 Å². The molecule has 0 bridgehead atoms. The summed E-state index contributed by atoms with van der Waals surface area (Å²) in [6.45, 7) is 5.26. The zero-order chi connectivity index (χ0) is 13.5. The Bertz CT molecular complexity index is 452. The van der Waals surface area contributed by atoms with Gasteiger partial charge in [0.25, 0.3) is 0 Å². The first-order chi connectivity index (χ1) is 8.56. The summed E-state index contributed by atoms with van der Waals surface area (Å²) in [5.41, 5.74) is 0.177. The molecule has 1 rings (SSSR count). The summed E-state index contributed by atoms with van der Waals surface area (Å²) < 4.78 is 0. The largest absolute Gasteiger partial charge is 0.478 e. The molecule has 0 unspecified atom stereocenters. The average Bonchev–Trinajstić information content (AvgIpc) is 2.34. The maximum atomic E-state index is 11.2. The highest BCUT2D eigenvalue weighted by Gasteiger charge is 2.17. The highest BCUT2D eigenvalue weighted by atomic mass is 16.4. The molecule has 5 nitrogen and oxygen atoms in total. The van der Waals surface area contributed by atoms with Crippen LogP contribution in [-0.4, -0.2) is 29.1 Å². The summed E-state index contributed by atoms with van der Waals surface area (Å²) in [5.74, 6) is -0.190. The molecule has 96 valence electrons. The zero-order valence-corrected chi connectivity index (χ0v) is 10.6. The molecule has 5 heteroatoms. The lowest BCUT2D eigenvalue weighted by Gasteiger charge is -2.25. The van der Waals surface area contributed by atoms with Gasteiger partial charge in [-0.05, 0) is 18.1 Å². The maximum absolute atomic E-state index is 11.2. The number of aromatic nitrogens is 1. The first kappa shape index (κ1) is 14.0. The molecule has 0 amide bonds. The number of nitrogens with zero attached hydrogens (tertiary/aromatic N) is 3. The van der Waals surface area contributed by atoms with Crippen LogP contribution in [0.4, 0.5) is 5.82 Å². The summed E-state index contributed by atoms with van der Waals surface area (Å²) in [6.07, 6.45) is 1.92. The van der Waals surface area contributed by atoms with E-state index in [9.17, 15) is 4.79 Å². The van der Waals surface area contributed by atoms with E-state index >= 15 is 0 Å². The lowest BCUT2D eigenvalue weighted by atomic mass is 10.1. The molecule has 1 aromatic heterocycles. The predicted octanol–water partition coefficient (Wildman–Crippen LogP) is 2.16. The molecule has 1 aromatic rings. The van der Waals surface area contributed by atoms with E-state index in [1.807, 2.05) is 18.7 Å². The zero-order valence-electron chi connectivity index (χ0n) is 10.6. The molecule has 0 aliphatic rings. The van der Waals surface area contributed by atoms with Gasteiger partial charge in [-0.3, -0.25) is 0 Å². The number of aromatic carboxylic acids is 1. The molecular formula is C13H17N3O2. The van der Waals surface area contributed by atoms with Crippen molar-refractivity contribution in [1.82, 2.24) is 4.98 Å². The molecule has 0 radical (unpaired) electrons. The van der Waals surface area contributed by atoms with Crippen LogP contribution in [0.15, 0.2) is 18.3 Å². The first-order valence-corrected chi connectivity index (χ1v) is 5.86. The number of nitriles is 1. The van der Waals surface area contributed by atoms with Crippen LogP contribution in [0.25, 0.3) is 0 Å². The van der Waals surface area contributed by atoms with Crippen LogP contribution < -0.4 is 4.90 Å². The second-order valence-corrected chi connectivity index (χ2v) is 4.43. The molecule has 0 aliphatic heterocycles. The molecule has 0 aliphatic carbocycles. The fourth-order valence-electron chi connectivity index (χ4n) is 1.73. The standard InChI is InChI=1S/C13H17N3O2/c1-10(2)9-16(8-4-6-14)12-11(13(17)18)5-3-7-15-12/h3,5,7,10H,4,8-9H2,1-2H3,(H,17,18). The van der Waals surface area contributed by atoms with E-state index < -0.39 is 5.97 Å². The molecule has 1 N–H and O–H groups in total. The Morgan fingerprint density at radius 3 is 2.89 bits per heavy atom. The third-order valence-electron chi connectivity index (χ3n) is 2.40. The van der Waals surface area contributed by atoms with Gasteiger partial charge in [0, 0.05) is 19.3 Å². The SMILES string of the molecule is CC(C)CN(CCC#N)c1ncccc1C(=O)O. The predicted molar refractivity (Wildman–Crippen MR) is 68.5 cm³/mol. The van der Waals surface area contributed by atoms with E-state index in [0.29, 0.717) is 31.2 Å². The second-order valence-electron chi connectivity index (χ2n) is 4.43. The summed E-state index contributed by atoms with van der Waals surface area (Å²) in [5, 5.41) is 17.8. The molecule has 0 saturated heterocycles. The van der Waals surface area contributed by atoms with Gasteiger partial charge in [0.15, 0.2) is 0 Å². The van der Waals surface area contributed by atoms with Crippen molar-refractivity contribution in [1.29, 1.82) is 5.26 Å². The Morgan fingerprint density at radius 2 is 2.33 bits per heavy atom. The number of carboxylic acids is 1. The minimum atomic E-state index is -0.996. The van der Waals surface area contributed by atoms with Crippen molar-refractivity contribution in [2.75, 3.05) is 18.0 Å². The lowest BCUT2D eigenvalue weighted by Crippen LogP contribution is -2.30. The Hall–Kier alpha value is -2.09. The van der Waals surface area contributed by atoms with E-state index in [0.717, 1.165) is 0 Å². The van der Waals surface area contributed by atoms with Crippen LogP contribution >= 0.6 is 0 Å². The van der Waals surface area contributed by atoms with Gasteiger partial charge in [0.1, 0.15) is 11.4 Å². The number of carbonyl (C=O) groups is 1. The Labute approximate surface area is 107 Å². The normalized spacial score (nSPS) is 10.1. The topological polar surface area (TPSA) is 77.2 Å². The molecule has 0 spiro atoms. The number of pyridine rings is 1. The monoisotopic (exact) mass is 247 g/mol. The van der Waals surface area contributed by atoms with Crippen molar-refractivity contribution in [3.8, 4) is 6.07 Å². The summed E-state index contributed by atoms with van der Waals surface area (Å²) in [6, 6.07) is 5.21. The van der Waals surface area contributed by atoms with Crippen LogP contribution in [0, 0.1) is 17.2 Å². The summed E-state index contributed by atoms with van der Waals surface area (Å²) >= 11 is 0. The lowest BCUT2D eigenvalue weighted by molar-refractivity contribution is 0.0697. The van der Waals surface area contributed by atoms with Crippen LogP contribution in [0.5, 0.6) is 0 Å². The molecule has 0 aromatic carbocycles. The fraction of sp³-hybridized carbons (Fsp3) is 0.462. The summed E-state index contributed by atoms with van der Waals surface area (Å²) in [7, 11) is 0. The third-order valence-corrected chi connectivity index (χ3v) is 2.40. The smallest absolute Gasteiger partial charge is 0.339 e. The number of hydrogen-bond acceptors (Lipinski definition) is 4. The van der Waals surface area contributed by atoms with Gasteiger partial charge < -0.3 is 10.0 Å². The van der Waals surface area contributed by atoms with Crippen molar-refractivity contribution >= 4 is 11.8 Å². The van der Waals surface area contributed by atoms with Gasteiger partial charge in [0.2, 0.25) is 0 Å². The highest BCUT2D eigenvalue weighted by molar-refractivity contribution is 5.93. The third kappa shape index (κ3) is 3.74. The molecule has 0 fully saturated rings.